The van der Waals surface area contributed by atoms with E-state index in [1.165, 1.54) is 0 Å². The molecular weight excluding hydrogens is 232 g/mol. The monoisotopic (exact) mass is 248 g/mol. The van der Waals surface area contributed by atoms with Crippen LogP contribution in [0.15, 0.2) is 11.6 Å². The molecule has 0 saturated carbocycles. The third-order valence-electron chi connectivity index (χ3n) is 1.47. The maximum atomic E-state index is 10.4. The van der Waals surface area contributed by atoms with Crippen molar-refractivity contribution in [2.45, 2.75) is 33.1 Å². The Morgan fingerprint density at radius 3 is 1.76 bits per heavy atom. The molecule has 0 aromatic carbocycles. The first kappa shape index (κ1) is 17.5. The van der Waals surface area contributed by atoms with Gasteiger partial charge in [0.25, 0.3) is 0 Å². The molecule has 0 aliphatic heterocycles. The van der Waals surface area contributed by atoms with Crippen molar-refractivity contribution in [2.75, 3.05) is 0 Å². The van der Waals surface area contributed by atoms with E-state index in [1.807, 2.05) is 6.92 Å². The van der Waals surface area contributed by atoms with Crippen LogP contribution in [0.25, 0.3) is 0 Å². The first-order chi connectivity index (χ1) is 7.84. The summed E-state index contributed by atoms with van der Waals surface area (Å²) >= 11 is 0. The normalized spacial score (nSPS) is 9.94. The molecule has 0 aromatic rings. The minimum atomic E-state index is -1.08. The van der Waals surface area contributed by atoms with Crippen molar-refractivity contribution in [2.24, 2.45) is 0 Å². The maximum Gasteiger partial charge on any atom is 0.368 e. The van der Waals surface area contributed by atoms with Crippen LogP contribution in [0.2, 0.25) is 0 Å². The number of aliphatic carboxylic acids is 2. The van der Waals surface area contributed by atoms with Crippen LogP contribution in [0.5, 0.6) is 0 Å². The quantitative estimate of drug-likeness (QED) is 0.380. The SMILES string of the molecule is CCC=C(C)C(=O)OO.O=C(O)CCC(=O)O. The molecule has 7 nitrogen and oxygen atoms in total. The van der Waals surface area contributed by atoms with Gasteiger partial charge in [0, 0.05) is 5.57 Å². The number of carbonyl (C=O) groups is 3. The van der Waals surface area contributed by atoms with Gasteiger partial charge in [0.05, 0.1) is 12.8 Å². The topological polar surface area (TPSA) is 121 Å². The highest BCUT2D eigenvalue weighted by atomic mass is 17.1. The predicted octanol–water partition coefficient (Wildman–Crippen LogP) is 1.29. The third-order valence-corrected chi connectivity index (χ3v) is 1.47. The van der Waals surface area contributed by atoms with E-state index in [1.54, 1.807) is 13.0 Å². The minimum Gasteiger partial charge on any atom is -0.481 e. The van der Waals surface area contributed by atoms with Crippen LogP contribution < -0.4 is 0 Å². The van der Waals surface area contributed by atoms with Gasteiger partial charge < -0.3 is 10.2 Å². The Balaban J connectivity index is 0. The van der Waals surface area contributed by atoms with E-state index in [4.69, 9.17) is 15.5 Å². The van der Waals surface area contributed by atoms with Gasteiger partial charge >= 0.3 is 17.9 Å². The number of rotatable bonds is 5. The Bertz CT molecular complexity index is 279. The molecule has 0 heterocycles. The first-order valence-corrected chi connectivity index (χ1v) is 4.81. The molecule has 0 aliphatic rings. The molecule has 0 fully saturated rings. The lowest BCUT2D eigenvalue weighted by Crippen LogP contribution is -2.01. The average molecular weight is 248 g/mol. The molecule has 0 aromatic heterocycles. The van der Waals surface area contributed by atoms with Gasteiger partial charge in [0.2, 0.25) is 0 Å². The second kappa shape index (κ2) is 10.6. The summed E-state index contributed by atoms with van der Waals surface area (Å²) in [6.45, 7) is 3.48. The Labute approximate surface area is 98.3 Å². The summed E-state index contributed by atoms with van der Waals surface area (Å²) in [4.78, 5) is 33.1. The van der Waals surface area contributed by atoms with Gasteiger partial charge in [0.1, 0.15) is 0 Å². The number of hydrogen-bond donors (Lipinski definition) is 3. The number of carbonyl (C=O) groups excluding carboxylic acids is 1. The first-order valence-electron chi connectivity index (χ1n) is 4.81. The number of carboxylic acids is 2. The summed E-state index contributed by atoms with van der Waals surface area (Å²) in [6.07, 6.45) is 1.85. The van der Waals surface area contributed by atoms with Crippen molar-refractivity contribution in [3.8, 4) is 0 Å². The van der Waals surface area contributed by atoms with Crippen LogP contribution in [0.4, 0.5) is 0 Å². The summed E-state index contributed by atoms with van der Waals surface area (Å²) in [5, 5.41) is 23.6. The zero-order valence-electron chi connectivity index (χ0n) is 9.67. The van der Waals surface area contributed by atoms with E-state index in [-0.39, 0.29) is 12.8 Å². The van der Waals surface area contributed by atoms with Gasteiger partial charge in [-0.3, -0.25) is 14.5 Å². The predicted molar refractivity (Wildman–Crippen MR) is 57.3 cm³/mol. The molecule has 0 amide bonds. The summed E-state index contributed by atoms with van der Waals surface area (Å²) in [5.41, 5.74) is 0.431. The lowest BCUT2D eigenvalue weighted by molar-refractivity contribution is -0.229. The molecule has 0 bridgehead atoms. The second-order valence-electron chi connectivity index (χ2n) is 2.96. The largest absolute Gasteiger partial charge is 0.481 e. The van der Waals surface area contributed by atoms with Crippen LogP contribution >= 0.6 is 0 Å². The average Bonchev–Trinajstić information content (AvgIpc) is 2.26. The van der Waals surface area contributed by atoms with E-state index >= 15 is 0 Å². The van der Waals surface area contributed by atoms with Gasteiger partial charge in [-0.15, -0.1) is 0 Å². The molecule has 0 aliphatic carbocycles. The van der Waals surface area contributed by atoms with Crippen molar-refractivity contribution >= 4 is 17.9 Å². The summed E-state index contributed by atoms with van der Waals surface area (Å²) in [7, 11) is 0. The van der Waals surface area contributed by atoms with Gasteiger partial charge in [-0.05, 0) is 13.3 Å². The molecule has 98 valence electrons. The molecule has 0 rings (SSSR count). The summed E-state index contributed by atoms with van der Waals surface area (Å²) in [6, 6.07) is 0. The Morgan fingerprint density at radius 2 is 1.53 bits per heavy atom. The van der Waals surface area contributed by atoms with Crippen molar-refractivity contribution in [1.82, 2.24) is 0 Å². The third kappa shape index (κ3) is 14.1. The van der Waals surface area contributed by atoms with E-state index in [0.29, 0.717) is 5.57 Å². The smallest absolute Gasteiger partial charge is 0.368 e. The second-order valence-corrected chi connectivity index (χ2v) is 2.96. The Hall–Kier alpha value is -1.89. The van der Waals surface area contributed by atoms with Gasteiger partial charge in [-0.2, -0.15) is 5.26 Å². The highest BCUT2D eigenvalue weighted by Crippen LogP contribution is 1.95. The number of allylic oxidation sites excluding steroid dienone is 1. The van der Waals surface area contributed by atoms with Crippen LogP contribution in [0.1, 0.15) is 33.1 Å². The highest BCUT2D eigenvalue weighted by molar-refractivity contribution is 5.87. The molecule has 0 saturated heterocycles. The zero-order valence-corrected chi connectivity index (χ0v) is 9.67. The molecule has 17 heavy (non-hydrogen) atoms. The maximum absolute atomic E-state index is 10.4. The number of carboxylic acid groups (broad SMARTS) is 2. The van der Waals surface area contributed by atoms with Crippen LogP contribution in [-0.4, -0.2) is 33.4 Å². The van der Waals surface area contributed by atoms with Crippen molar-refractivity contribution < 1.29 is 34.7 Å². The van der Waals surface area contributed by atoms with E-state index in [9.17, 15) is 14.4 Å². The zero-order chi connectivity index (χ0) is 13.8. The van der Waals surface area contributed by atoms with E-state index in [2.05, 4.69) is 4.89 Å². The minimum absolute atomic E-state index is 0.296. The molecule has 3 N–H and O–H groups in total. The summed E-state index contributed by atoms with van der Waals surface area (Å²) in [5.74, 6) is -2.84. The van der Waals surface area contributed by atoms with Gasteiger partial charge in [-0.25, -0.2) is 4.79 Å². The van der Waals surface area contributed by atoms with Crippen LogP contribution in [-0.2, 0) is 19.3 Å². The lowest BCUT2D eigenvalue weighted by Gasteiger charge is -1.92. The Kier molecular flexibility index (Phi) is 10.9. The van der Waals surface area contributed by atoms with Gasteiger partial charge in [0.15, 0.2) is 0 Å². The van der Waals surface area contributed by atoms with Crippen molar-refractivity contribution in [1.29, 1.82) is 0 Å². The fourth-order valence-corrected chi connectivity index (χ4v) is 0.675. The van der Waals surface area contributed by atoms with E-state index < -0.39 is 17.9 Å². The highest BCUT2D eigenvalue weighted by Gasteiger charge is 2.01. The Morgan fingerprint density at radius 1 is 1.12 bits per heavy atom. The van der Waals surface area contributed by atoms with Gasteiger partial charge in [-0.1, -0.05) is 13.0 Å². The molecular formula is C10H16O7. The lowest BCUT2D eigenvalue weighted by atomic mass is 10.2. The standard InChI is InChI=1S/C6H10O3.C4H6O4/c1-3-4-5(2)6(7)9-8;5-3(6)1-2-4(7)8/h4,8H,3H2,1-2H3;1-2H2,(H,5,6)(H,7,8). The van der Waals surface area contributed by atoms with Crippen LogP contribution in [0.3, 0.4) is 0 Å². The molecule has 0 spiro atoms. The number of hydrogen-bond acceptors (Lipinski definition) is 5. The fraction of sp³-hybridized carbons (Fsp3) is 0.500. The fourth-order valence-electron chi connectivity index (χ4n) is 0.675. The molecule has 7 heteroatoms. The molecule has 0 radical (unpaired) electrons. The summed E-state index contributed by atoms with van der Waals surface area (Å²) < 4.78 is 0. The van der Waals surface area contributed by atoms with Crippen LogP contribution in [0, 0.1) is 0 Å². The molecule has 0 unspecified atom stereocenters. The van der Waals surface area contributed by atoms with E-state index in [0.717, 1.165) is 6.42 Å². The molecule has 0 atom stereocenters. The van der Waals surface area contributed by atoms with Crippen molar-refractivity contribution in [3.05, 3.63) is 11.6 Å². The van der Waals surface area contributed by atoms with Crippen molar-refractivity contribution in [3.63, 3.8) is 0 Å².